The number of hydrogen-bond acceptors (Lipinski definition) is 3. The molecule has 0 spiro atoms. The van der Waals surface area contributed by atoms with Crippen LogP contribution in [0.5, 0.6) is 5.75 Å². The number of nitrogens with one attached hydrogen (secondary N) is 1. The molecule has 2 rings (SSSR count). The number of phenols is 1. The molecule has 1 aromatic carbocycles. The molecular formula is C19H26N2O. The molecule has 1 heterocycles. The zero-order valence-corrected chi connectivity index (χ0v) is 14.4. The lowest BCUT2D eigenvalue weighted by Gasteiger charge is -2.28. The zero-order chi connectivity index (χ0) is 16.5. The van der Waals surface area contributed by atoms with Crippen molar-refractivity contribution in [2.24, 2.45) is 0 Å². The third-order valence-electron chi connectivity index (χ3n) is 3.69. The lowest BCUT2D eigenvalue weighted by atomic mass is 9.79. The quantitative estimate of drug-likeness (QED) is 0.756. The van der Waals surface area contributed by atoms with Crippen molar-refractivity contribution in [3.05, 3.63) is 47.8 Å². The van der Waals surface area contributed by atoms with Gasteiger partial charge in [-0.05, 0) is 35.1 Å². The van der Waals surface area contributed by atoms with Crippen LogP contribution in [0.25, 0.3) is 0 Å². The second kappa shape index (κ2) is 5.64. The molecule has 0 atom stereocenters. The molecule has 2 aromatic rings. The van der Waals surface area contributed by atoms with Crippen LogP contribution in [0.3, 0.4) is 0 Å². The van der Waals surface area contributed by atoms with Crippen LogP contribution in [-0.2, 0) is 10.8 Å². The van der Waals surface area contributed by atoms with E-state index in [-0.39, 0.29) is 10.8 Å². The Bertz CT molecular complexity index is 614. The average molecular weight is 298 g/mol. The number of aromatic nitrogens is 1. The molecule has 22 heavy (non-hydrogen) atoms. The van der Waals surface area contributed by atoms with E-state index in [2.05, 4.69) is 51.8 Å². The van der Waals surface area contributed by atoms with Gasteiger partial charge in [-0.1, -0.05) is 41.5 Å². The molecular weight excluding hydrogens is 272 g/mol. The van der Waals surface area contributed by atoms with E-state index in [1.54, 1.807) is 12.4 Å². The van der Waals surface area contributed by atoms with Gasteiger partial charge in [0.25, 0.3) is 0 Å². The summed E-state index contributed by atoms with van der Waals surface area (Å²) in [4.78, 5) is 4.03. The van der Waals surface area contributed by atoms with E-state index in [1.165, 1.54) is 0 Å². The zero-order valence-electron chi connectivity index (χ0n) is 14.4. The second-order valence-corrected chi connectivity index (χ2v) is 7.78. The van der Waals surface area contributed by atoms with E-state index in [0.29, 0.717) is 5.75 Å². The number of nitrogens with zero attached hydrogens (tertiary/aromatic N) is 1. The fourth-order valence-electron chi connectivity index (χ4n) is 2.45. The minimum Gasteiger partial charge on any atom is -0.507 e. The van der Waals surface area contributed by atoms with Gasteiger partial charge >= 0.3 is 0 Å². The highest BCUT2D eigenvalue weighted by Gasteiger charge is 2.26. The van der Waals surface area contributed by atoms with Crippen molar-refractivity contribution in [2.75, 3.05) is 5.32 Å². The largest absolute Gasteiger partial charge is 0.507 e. The van der Waals surface area contributed by atoms with Crippen LogP contribution in [-0.4, -0.2) is 10.1 Å². The van der Waals surface area contributed by atoms with Gasteiger partial charge in [0.1, 0.15) is 5.75 Å². The predicted octanol–water partition coefficient (Wildman–Crippen LogP) is 5.13. The van der Waals surface area contributed by atoms with Gasteiger partial charge in [0.05, 0.1) is 0 Å². The third kappa shape index (κ3) is 3.59. The van der Waals surface area contributed by atoms with Crippen LogP contribution < -0.4 is 5.32 Å². The van der Waals surface area contributed by atoms with E-state index in [4.69, 9.17) is 0 Å². The second-order valence-electron chi connectivity index (χ2n) is 7.78. The number of benzene rings is 1. The molecule has 0 radical (unpaired) electrons. The van der Waals surface area contributed by atoms with Crippen LogP contribution >= 0.6 is 0 Å². The number of aromatic hydroxyl groups is 1. The molecule has 3 heteroatoms. The Morgan fingerprint density at radius 1 is 0.818 bits per heavy atom. The van der Waals surface area contributed by atoms with Gasteiger partial charge in [0, 0.05) is 34.9 Å². The van der Waals surface area contributed by atoms with Gasteiger partial charge in [-0.2, -0.15) is 0 Å². The van der Waals surface area contributed by atoms with Crippen LogP contribution in [0.15, 0.2) is 36.7 Å². The molecule has 0 fully saturated rings. The summed E-state index contributed by atoms with van der Waals surface area (Å²) in [6.07, 6.45) is 3.52. The van der Waals surface area contributed by atoms with E-state index >= 15 is 0 Å². The van der Waals surface area contributed by atoms with Crippen LogP contribution in [0, 0.1) is 0 Å². The monoisotopic (exact) mass is 298 g/mol. The number of hydrogen-bond donors (Lipinski definition) is 2. The van der Waals surface area contributed by atoms with Gasteiger partial charge < -0.3 is 10.4 Å². The molecule has 0 saturated heterocycles. The first kappa shape index (κ1) is 16.3. The summed E-state index contributed by atoms with van der Waals surface area (Å²) < 4.78 is 0. The highest BCUT2D eigenvalue weighted by atomic mass is 16.3. The lowest BCUT2D eigenvalue weighted by molar-refractivity contribution is 0.423. The van der Waals surface area contributed by atoms with Crippen molar-refractivity contribution in [1.29, 1.82) is 0 Å². The molecule has 1 aromatic heterocycles. The average Bonchev–Trinajstić information content (AvgIpc) is 2.39. The number of pyridine rings is 1. The van der Waals surface area contributed by atoms with Crippen molar-refractivity contribution in [2.45, 2.75) is 52.4 Å². The summed E-state index contributed by atoms with van der Waals surface area (Å²) in [5, 5.41) is 14.1. The maximum atomic E-state index is 10.7. The van der Waals surface area contributed by atoms with Gasteiger partial charge in [-0.25, -0.2) is 0 Å². The molecule has 0 amide bonds. The summed E-state index contributed by atoms with van der Waals surface area (Å²) in [5.41, 5.74) is 3.63. The first-order valence-corrected chi connectivity index (χ1v) is 7.64. The Morgan fingerprint density at radius 2 is 1.27 bits per heavy atom. The molecule has 0 aliphatic rings. The minimum atomic E-state index is -0.125. The smallest absolute Gasteiger partial charge is 0.123 e. The summed E-state index contributed by atoms with van der Waals surface area (Å²) in [5.74, 6) is 0.403. The van der Waals surface area contributed by atoms with Crippen molar-refractivity contribution in [3.63, 3.8) is 0 Å². The van der Waals surface area contributed by atoms with Crippen molar-refractivity contribution < 1.29 is 5.11 Å². The number of rotatable bonds is 2. The van der Waals surface area contributed by atoms with Gasteiger partial charge in [0.15, 0.2) is 0 Å². The number of phenolic OH excluding ortho intramolecular Hbond substituents is 1. The summed E-state index contributed by atoms with van der Waals surface area (Å²) in [6.45, 7) is 12.7. The van der Waals surface area contributed by atoms with Crippen LogP contribution in [0.4, 0.5) is 11.4 Å². The highest BCUT2D eigenvalue weighted by molar-refractivity contribution is 5.65. The van der Waals surface area contributed by atoms with Crippen molar-refractivity contribution in [3.8, 4) is 5.75 Å². The maximum Gasteiger partial charge on any atom is 0.123 e. The fraction of sp³-hybridized carbons (Fsp3) is 0.421. The van der Waals surface area contributed by atoms with E-state index in [0.717, 1.165) is 22.5 Å². The van der Waals surface area contributed by atoms with Crippen LogP contribution in [0.1, 0.15) is 52.7 Å². The summed E-state index contributed by atoms with van der Waals surface area (Å²) in [7, 11) is 0. The molecule has 0 saturated carbocycles. The molecule has 2 N–H and O–H groups in total. The van der Waals surface area contributed by atoms with E-state index in [1.807, 2.05) is 24.3 Å². The highest BCUT2D eigenvalue weighted by Crippen LogP contribution is 2.41. The van der Waals surface area contributed by atoms with Crippen molar-refractivity contribution in [1.82, 2.24) is 4.98 Å². The molecule has 0 unspecified atom stereocenters. The third-order valence-corrected chi connectivity index (χ3v) is 3.69. The normalized spacial score (nSPS) is 12.3. The summed E-state index contributed by atoms with van der Waals surface area (Å²) in [6, 6.07) is 7.93. The predicted molar refractivity (Wildman–Crippen MR) is 93.0 cm³/mol. The van der Waals surface area contributed by atoms with Crippen LogP contribution in [0.2, 0.25) is 0 Å². The Balaban J connectivity index is 2.56. The molecule has 3 nitrogen and oxygen atoms in total. The lowest BCUT2D eigenvalue weighted by Crippen LogP contribution is -2.17. The standard InChI is InChI=1S/C19H26N2O/c1-18(2,3)15-11-14(21-13-7-9-20-10-8-13)12-16(17(15)22)19(4,5)6/h7-12,22H,1-6H3,(H,20,21). The molecule has 0 aliphatic heterocycles. The topological polar surface area (TPSA) is 45.2 Å². The number of anilines is 2. The summed E-state index contributed by atoms with van der Waals surface area (Å²) >= 11 is 0. The van der Waals surface area contributed by atoms with Crippen molar-refractivity contribution >= 4 is 11.4 Å². The molecule has 0 bridgehead atoms. The fourth-order valence-corrected chi connectivity index (χ4v) is 2.45. The first-order chi connectivity index (χ1) is 10.1. The van der Waals surface area contributed by atoms with Gasteiger partial charge in [-0.3, -0.25) is 4.98 Å². The van der Waals surface area contributed by atoms with Gasteiger partial charge in [-0.15, -0.1) is 0 Å². The molecule has 0 aliphatic carbocycles. The van der Waals surface area contributed by atoms with E-state index in [9.17, 15) is 5.11 Å². The Morgan fingerprint density at radius 3 is 1.68 bits per heavy atom. The Hall–Kier alpha value is -2.03. The minimum absolute atomic E-state index is 0.125. The molecule has 118 valence electrons. The SMILES string of the molecule is CC(C)(C)c1cc(Nc2ccncc2)cc(C(C)(C)C)c1O. The maximum absolute atomic E-state index is 10.7. The first-order valence-electron chi connectivity index (χ1n) is 7.64. The Kier molecular flexibility index (Phi) is 4.19. The van der Waals surface area contributed by atoms with Gasteiger partial charge in [0.2, 0.25) is 0 Å². The van der Waals surface area contributed by atoms with E-state index < -0.39 is 0 Å². The Labute approximate surface area is 133 Å².